The van der Waals surface area contributed by atoms with E-state index in [9.17, 15) is 0 Å². The lowest BCUT2D eigenvalue weighted by molar-refractivity contribution is 0.653. The van der Waals surface area contributed by atoms with Gasteiger partial charge in [0.2, 0.25) is 0 Å². The van der Waals surface area contributed by atoms with Gasteiger partial charge in [-0.05, 0) is 25.7 Å². The molecule has 86 valence electrons. The lowest BCUT2D eigenvalue weighted by atomic mass is 10.1. The quantitative estimate of drug-likeness (QED) is 0.729. The highest BCUT2D eigenvalue weighted by atomic mass is 35.5. The van der Waals surface area contributed by atoms with Gasteiger partial charge in [0.05, 0.1) is 16.4 Å². The molecule has 0 aliphatic carbocycles. The summed E-state index contributed by atoms with van der Waals surface area (Å²) in [5, 5.41) is 5.43. The second-order valence-electron chi connectivity index (χ2n) is 3.73. The number of aromatic nitrogens is 2. The van der Waals surface area contributed by atoms with Gasteiger partial charge in [-0.15, -0.1) is 11.6 Å². The first-order valence-electron chi connectivity index (χ1n) is 5.44. The maximum Gasteiger partial charge on any atom is 0.0849 e. The smallest absolute Gasteiger partial charge is 0.0849 e. The van der Waals surface area contributed by atoms with Crippen molar-refractivity contribution in [1.82, 2.24) is 9.78 Å². The Morgan fingerprint density at radius 2 is 2.07 bits per heavy atom. The molecule has 0 aliphatic heterocycles. The van der Waals surface area contributed by atoms with Crippen molar-refractivity contribution in [2.45, 2.75) is 44.9 Å². The van der Waals surface area contributed by atoms with E-state index in [-0.39, 0.29) is 5.38 Å². The fourth-order valence-electron chi connectivity index (χ4n) is 1.59. The van der Waals surface area contributed by atoms with Crippen LogP contribution in [-0.4, -0.2) is 15.2 Å². The van der Waals surface area contributed by atoms with E-state index in [1.807, 2.05) is 11.7 Å². The lowest BCUT2D eigenvalue weighted by Gasteiger charge is -2.06. The molecule has 2 nitrogen and oxygen atoms in total. The SMILES string of the molecule is CCc1nn(C)c(CCC(Cl)CC)c1Cl. The molecule has 0 spiro atoms. The Bertz CT molecular complexity index is 321. The van der Waals surface area contributed by atoms with Crippen LogP contribution in [0.15, 0.2) is 0 Å². The van der Waals surface area contributed by atoms with Gasteiger partial charge in [0.15, 0.2) is 0 Å². The summed E-state index contributed by atoms with van der Waals surface area (Å²) in [6.45, 7) is 4.16. The van der Waals surface area contributed by atoms with Crippen molar-refractivity contribution in [2.75, 3.05) is 0 Å². The molecule has 0 radical (unpaired) electrons. The third-order valence-electron chi connectivity index (χ3n) is 2.64. The van der Waals surface area contributed by atoms with Crippen LogP contribution in [0.1, 0.15) is 38.1 Å². The van der Waals surface area contributed by atoms with Gasteiger partial charge in [0.1, 0.15) is 0 Å². The third kappa shape index (κ3) is 3.12. The van der Waals surface area contributed by atoms with Crippen LogP contribution in [0.2, 0.25) is 5.02 Å². The fourth-order valence-corrected chi connectivity index (χ4v) is 2.09. The number of alkyl halides is 1. The van der Waals surface area contributed by atoms with Crippen molar-refractivity contribution < 1.29 is 0 Å². The molecule has 0 saturated heterocycles. The van der Waals surface area contributed by atoms with Crippen LogP contribution in [0.4, 0.5) is 0 Å². The number of hydrogen-bond acceptors (Lipinski definition) is 1. The van der Waals surface area contributed by atoms with E-state index in [1.54, 1.807) is 0 Å². The zero-order chi connectivity index (χ0) is 11.4. The van der Waals surface area contributed by atoms with Crippen LogP contribution in [0.25, 0.3) is 0 Å². The van der Waals surface area contributed by atoms with Crippen molar-refractivity contribution >= 4 is 23.2 Å². The molecule has 1 rings (SSSR count). The van der Waals surface area contributed by atoms with Gasteiger partial charge in [0, 0.05) is 12.4 Å². The number of rotatable bonds is 5. The van der Waals surface area contributed by atoms with Gasteiger partial charge in [-0.2, -0.15) is 5.10 Å². The molecule has 0 fully saturated rings. The Kier molecular flexibility index (Phi) is 4.94. The van der Waals surface area contributed by atoms with Crippen LogP contribution in [0.3, 0.4) is 0 Å². The van der Waals surface area contributed by atoms with Crippen LogP contribution in [0, 0.1) is 0 Å². The number of aryl methyl sites for hydroxylation is 2. The zero-order valence-electron chi connectivity index (χ0n) is 9.56. The molecule has 1 aromatic rings. The van der Waals surface area contributed by atoms with E-state index < -0.39 is 0 Å². The summed E-state index contributed by atoms with van der Waals surface area (Å²) in [5.41, 5.74) is 2.09. The first kappa shape index (κ1) is 12.9. The third-order valence-corrected chi connectivity index (χ3v) is 3.60. The van der Waals surface area contributed by atoms with Gasteiger partial charge in [0.25, 0.3) is 0 Å². The molecule has 0 aliphatic rings. The van der Waals surface area contributed by atoms with Crippen molar-refractivity contribution in [3.8, 4) is 0 Å². The number of halogens is 2. The van der Waals surface area contributed by atoms with E-state index in [0.29, 0.717) is 0 Å². The second-order valence-corrected chi connectivity index (χ2v) is 4.72. The predicted molar refractivity (Wildman–Crippen MR) is 65.8 cm³/mol. The largest absolute Gasteiger partial charge is 0.271 e. The molecule has 4 heteroatoms. The summed E-state index contributed by atoms with van der Waals surface area (Å²) in [4.78, 5) is 0. The molecule has 1 unspecified atom stereocenters. The average Bonchev–Trinajstić information content (AvgIpc) is 2.51. The number of nitrogens with zero attached hydrogens (tertiary/aromatic N) is 2. The highest BCUT2D eigenvalue weighted by Crippen LogP contribution is 2.23. The van der Waals surface area contributed by atoms with Crippen molar-refractivity contribution in [2.24, 2.45) is 7.05 Å². The van der Waals surface area contributed by atoms with Crippen molar-refractivity contribution in [1.29, 1.82) is 0 Å². The highest BCUT2D eigenvalue weighted by Gasteiger charge is 2.13. The van der Waals surface area contributed by atoms with Gasteiger partial charge < -0.3 is 0 Å². The van der Waals surface area contributed by atoms with E-state index in [1.165, 1.54) is 0 Å². The summed E-state index contributed by atoms with van der Waals surface area (Å²) in [6, 6.07) is 0. The van der Waals surface area contributed by atoms with Crippen LogP contribution >= 0.6 is 23.2 Å². The van der Waals surface area contributed by atoms with E-state index in [0.717, 1.165) is 42.1 Å². The fraction of sp³-hybridized carbons (Fsp3) is 0.727. The van der Waals surface area contributed by atoms with Crippen LogP contribution in [-0.2, 0) is 19.9 Å². The lowest BCUT2D eigenvalue weighted by Crippen LogP contribution is -2.03. The van der Waals surface area contributed by atoms with E-state index in [4.69, 9.17) is 23.2 Å². The van der Waals surface area contributed by atoms with E-state index >= 15 is 0 Å². The minimum absolute atomic E-state index is 0.237. The Labute approximate surface area is 102 Å². The topological polar surface area (TPSA) is 17.8 Å². The zero-order valence-corrected chi connectivity index (χ0v) is 11.1. The summed E-state index contributed by atoms with van der Waals surface area (Å²) < 4.78 is 1.88. The minimum atomic E-state index is 0.237. The van der Waals surface area contributed by atoms with Gasteiger partial charge in [-0.25, -0.2) is 0 Å². The van der Waals surface area contributed by atoms with Crippen LogP contribution < -0.4 is 0 Å². The van der Waals surface area contributed by atoms with Crippen molar-refractivity contribution in [3.05, 3.63) is 16.4 Å². The van der Waals surface area contributed by atoms with Crippen LogP contribution in [0.5, 0.6) is 0 Å². The molecular weight excluding hydrogens is 231 g/mol. The minimum Gasteiger partial charge on any atom is -0.271 e. The van der Waals surface area contributed by atoms with Gasteiger partial charge >= 0.3 is 0 Å². The summed E-state index contributed by atoms with van der Waals surface area (Å²) >= 11 is 12.3. The first-order chi connectivity index (χ1) is 7.10. The molecule has 0 aromatic carbocycles. The molecule has 15 heavy (non-hydrogen) atoms. The molecule has 0 saturated carbocycles. The first-order valence-corrected chi connectivity index (χ1v) is 6.25. The normalized spacial score (nSPS) is 13.1. The summed E-state index contributed by atoms with van der Waals surface area (Å²) in [7, 11) is 1.94. The standard InChI is InChI=1S/C11H18Cl2N2/c1-4-8(12)6-7-10-11(13)9(5-2)14-15(10)3/h8H,4-7H2,1-3H3. The van der Waals surface area contributed by atoms with E-state index in [2.05, 4.69) is 18.9 Å². The van der Waals surface area contributed by atoms with Crippen molar-refractivity contribution in [3.63, 3.8) is 0 Å². The molecule has 0 bridgehead atoms. The molecular formula is C11H18Cl2N2. The Morgan fingerprint density at radius 1 is 1.40 bits per heavy atom. The highest BCUT2D eigenvalue weighted by molar-refractivity contribution is 6.31. The monoisotopic (exact) mass is 248 g/mol. The molecule has 1 heterocycles. The maximum atomic E-state index is 6.23. The Morgan fingerprint density at radius 3 is 2.53 bits per heavy atom. The summed E-state index contributed by atoms with van der Waals surface area (Å²) in [6.07, 6.45) is 3.74. The number of hydrogen-bond donors (Lipinski definition) is 0. The Balaban J connectivity index is 2.72. The average molecular weight is 249 g/mol. The molecule has 1 aromatic heterocycles. The molecule has 0 N–H and O–H groups in total. The second kappa shape index (κ2) is 5.76. The van der Waals surface area contributed by atoms with Gasteiger partial charge in [-0.3, -0.25) is 4.68 Å². The molecule has 1 atom stereocenters. The molecule has 0 amide bonds. The summed E-state index contributed by atoms with van der Waals surface area (Å²) in [5.74, 6) is 0. The van der Waals surface area contributed by atoms with Gasteiger partial charge in [-0.1, -0.05) is 25.4 Å². The maximum absolute atomic E-state index is 6.23. The predicted octanol–water partition coefficient (Wildman–Crippen LogP) is 3.59. The Hall–Kier alpha value is -0.210.